The maximum atomic E-state index is 11.0. The molecule has 0 amide bonds. The molecule has 6 rings (SSSR count). The van der Waals surface area contributed by atoms with E-state index in [1.807, 2.05) is 24.3 Å². The first kappa shape index (κ1) is 22.6. The molecule has 3 N–H and O–H groups in total. The molecule has 0 spiro atoms. The van der Waals surface area contributed by atoms with E-state index in [4.69, 9.17) is 20.2 Å². The van der Waals surface area contributed by atoms with Gasteiger partial charge in [0, 0.05) is 41.8 Å². The average Bonchev–Trinajstić information content (AvgIpc) is 3.41. The van der Waals surface area contributed by atoms with Crippen LogP contribution in [0.4, 0.5) is 5.69 Å². The summed E-state index contributed by atoms with van der Waals surface area (Å²) in [5.41, 5.74) is 7.18. The number of fused-ring (bicyclic) bond motifs is 5. The number of aromatic nitrogens is 2. The SMILES string of the molecule is CC1(CCCCCC(=O)O)C2=C3C=C(c4nc5ccccc5[nH]4)C(=N)OC3CCN2c2ccccc21. The summed E-state index contributed by atoms with van der Waals surface area (Å²) in [5, 5.41) is 17.7. The zero-order valence-electron chi connectivity index (χ0n) is 20.4. The highest BCUT2D eigenvalue weighted by Crippen LogP contribution is 2.54. The second-order valence-electron chi connectivity index (χ2n) is 10.1. The Balaban J connectivity index is 1.43. The minimum Gasteiger partial charge on any atom is -0.481 e. The summed E-state index contributed by atoms with van der Waals surface area (Å²) < 4.78 is 6.23. The first-order chi connectivity index (χ1) is 17.5. The molecule has 3 aromatic rings. The molecule has 36 heavy (non-hydrogen) atoms. The number of nitrogens with zero attached hydrogens (tertiary/aromatic N) is 2. The minimum absolute atomic E-state index is 0.155. The molecule has 0 fully saturated rings. The van der Waals surface area contributed by atoms with Crippen molar-refractivity contribution in [3.8, 4) is 0 Å². The number of unbranched alkanes of at least 4 members (excludes halogenated alkanes) is 2. The number of para-hydroxylation sites is 3. The zero-order valence-corrected chi connectivity index (χ0v) is 20.4. The van der Waals surface area contributed by atoms with E-state index in [2.05, 4.69) is 47.1 Å². The smallest absolute Gasteiger partial charge is 0.303 e. The number of allylic oxidation sites excluding steroid dienone is 1. The van der Waals surface area contributed by atoms with E-state index in [0.717, 1.165) is 48.8 Å². The van der Waals surface area contributed by atoms with Gasteiger partial charge in [0.15, 0.2) is 0 Å². The molecule has 2 aromatic carbocycles. The Morgan fingerprint density at radius 1 is 1.19 bits per heavy atom. The third-order valence-electron chi connectivity index (χ3n) is 7.83. The average molecular weight is 483 g/mol. The lowest BCUT2D eigenvalue weighted by Gasteiger charge is -2.40. The number of carboxylic acid groups (broad SMARTS) is 1. The lowest BCUT2D eigenvalue weighted by Crippen LogP contribution is -2.41. The number of aliphatic carboxylic acids is 1. The second kappa shape index (κ2) is 8.66. The molecule has 4 heterocycles. The van der Waals surface area contributed by atoms with Crippen LogP contribution >= 0.6 is 0 Å². The minimum atomic E-state index is -0.733. The van der Waals surface area contributed by atoms with Gasteiger partial charge in [-0.05, 0) is 49.6 Å². The summed E-state index contributed by atoms with van der Waals surface area (Å²) in [5.74, 6) is 0.0715. The summed E-state index contributed by atoms with van der Waals surface area (Å²) in [6.45, 7) is 3.15. The molecule has 3 aliphatic rings. The lowest BCUT2D eigenvalue weighted by atomic mass is 9.74. The van der Waals surface area contributed by atoms with Gasteiger partial charge in [-0.1, -0.05) is 43.2 Å². The molecule has 3 aliphatic heterocycles. The first-order valence-electron chi connectivity index (χ1n) is 12.7. The van der Waals surface area contributed by atoms with Crippen molar-refractivity contribution in [3.05, 3.63) is 77.3 Å². The quantitative estimate of drug-likeness (QED) is 0.370. The summed E-state index contributed by atoms with van der Waals surface area (Å²) in [7, 11) is 0. The molecule has 0 saturated carbocycles. The number of aromatic amines is 1. The third-order valence-corrected chi connectivity index (χ3v) is 7.83. The van der Waals surface area contributed by atoms with Crippen molar-refractivity contribution in [1.82, 2.24) is 9.97 Å². The molecule has 1 aromatic heterocycles. The Morgan fingerprint density at radius 3 is 2.83 bits per heavy atom. The van der Waals surface area contributed by atoms with Gasteiger partial charge >= 0.3 is 5.97 Å². The van der Waals surface area contributed by atoms with Crippen LogP contribution in [0.1, 0.15) is 56.8 Å². The van der Waals surface area contributed by atoms with Crippen LogP contribution in [0.15, 0.2) is 65.9 Å². The molecule has 184 valence electrons. The molecular weight excluding hydrogens is 452 g/mol. The van der Waals surface area contributed by atoms with Crippen LogP contribution in [0.2, 0.25) is 0 Å². The maximum Gasteiger partial charge on any atom is 0.303 e. The van der Waals surface area contributed by atoms with Gasteiger partial charge in [-0.3, -0.25) is 10.2 Å². The topological polar surface area (TPSA) is 102 Å². The van der Waals surface area contributed by atoms with Crippen LogP contribution in [0.5, 0.6) is 0 Å². The standard InChI is InChI=1S/C29H30N4O3/c1-29(15-8-2-3-13-25(34)35)20-9-4-7-12-23(20)33-16-14-24-18(26(29)33)17-19(27(30)36-24)28-31-21-10-5-6-11-22(21)32-28/h4-7,9-12,17,24,30H,2-3,8,13-16H2,1H3,(H,31,32)(H,34,35). The van der Waals surface area contributed by atoms with Crippen LogP contribution in [-0.4, -0.2) is 39.6 Å². The molecule has 0 saturated heterocycles. The van der Waals surface area contributed by atoms with E-state index in [-0.39, 0.29) is 23.8 Å². The molecular formula is C29H30N4O3. The fourth-order valence-electron chi connectivity index (χ4n) is 6.13. The molecule has 2 atom stereocenters. The van der Waals surface area contributed by atoms with Crippen molar-refractivity contribution in [2.75, 3.05) is 11.4 Å². The highest BCUT2D eigenvalue weighted by atomic mass is 16.5. The van der Waals surface area contributed by atoms with Crippen LogP contribution < -0.4 is 4.90 Å². The Hall–Kier alpha value is -3.87. The van der Waals surface area contributed by atoms with E-state index < -0.39 is 5.97 Å². The van der Waals surface area contributed by atoms with Gasteiger partial charge < -0.3 is 19.7 Å². The van der Waals surface area contributed by atoms with Crippen LogP contribution in [0, 0.1) is 5.41 Å². The monoisotopic (exact) mass is 482 g/mol. The number of hydrogen-bond acceptors (Lipinski definition) is 5. The maximum absolute atomic E-state index is 11.0. The van der Waals surface area contributed by atoms with Gasteiger partial charge in [0.2, 0.25) is 5.90 Å². The molecule has 0 aliphatic carbocycles. The number of carbonyl (C=O) groups is 1. The number of carboxylic acids is 1. The molecule has 7 nitrogen and oxygen atoms in total. The van der Waals surface area contributed by atoms with Crippen LogP contribution in [-0.2, 0) is 14.9 Å². The second-order valence-corrected chi connectivity index (χ2v) is 10.1. The van der Waals surface area contributed by atoms with E-state index in [9.17, 15) is 4.79 Å². The number of ether oxygens (including phenoxy) is 1. The number of hydrogen-bond donors (Lipinski definition) is 3. The summed E-state index contributed by atoms with van der Waals surface area (Å²) >= 11 is 0. The summed E-state index contributed by atoms with van der Waals surface area (Å²) in [6.07, 6.45) is 6.45. The van der Waals surface area contributed by atoms with Crippen molar-refractivity contribution in [2.45, 2.75) is 57.0 Å². The number of rotatable bonds is 7. The third kappa shape index (κ3) is 3.61. The predicted octanol–water partition coefficient (Wildman–Crippen LogP) is 5.79. The molecule has 0 bridgehead atoms. The highest BCUT2D eigenvalue weighted by Gasteiger charge is 2.48. The van der Waals surface area contributed by atoms with Crippen LogP contribution in [0.3, 0.4) is 0 Å². The predicted molar refractivity (Wildman–Crippen MR) is 140 cm³/mol. The Morgan fingerprint density at radius 2 is 2.00 bits per heavy atom. The van der Waals surface area contributed by atoms with Crippen LogP contribution in [0.25, 0.3) is 16.6 Å². The van der Waals surface area contributed by atoms with E-state index in [0.29, 0.717) is 17.8 Å². The van der Waals surface area contributed by atoms with Crippen molar-refractivity contribution >= 4 is 34.2 Å². The number of nitrogens with one attached hydrogen (secondary N) is 2. The molecule has 2 unspecified atom stereocenters. The summed E-state index contributed by atoms with van der Waals surface area (Å²) in [4.78, 5) is 21.5. The van der Waals surface area contributed by atoms with E-state index >= 15 is 0 Å². The van der Waals surface area contributed by atoms with Crippen molar-refractivity contribution in [2.24, 2.45) is 0 Å². The fraction of sp³-hybridized carbons (Fsp3) is 0.345. The Kier molecular flexibility index (Phi) is 5.43. The van der Waals surface area contributed by atoms with Gasteiger partial charge in [0.1, 0.15) is 11.9 Å². The number of benzene rings is 2. The van der Waals surface area contributed by atoms with Gasteiger partial charge in [-0.2, -0.15) is 0 Å². The summed E-state index contributed by atoms with van der Waals surface area (Å²) in [6, 6.07) is 16.5. The highest BCUT2D eigenvalue weighted by molar-refractivity contribution is 6.19. The normalized spacial score (nSPS) is 22.7. The van der Waals surface area contributed by atoms with E-state index in [1.54, 1.807) is 0 Å². The van der Waals surface area contributed by atoms with Gasteiger partial charge in [0.25, 0.3) is 0 Å². The lowest BCUT2D eigenvalue weighted by molar-refractivity contribution is -0.137. The van der Waals surface area contributed by atoms with Gasteiger partial charge in [0.05, 0.1) is 16.6 Å². The Labute approximate surface area is 210 Å². The zero-order chi connectivity index (χ0) is 24.9. The fourth-order valence-corrected chi connectivity index (χ4v) is 6.13. The molecule has 7 heteroatoms. The number of H-pyrrole nitrogens is 1. The first-order valence-corrected chi connectivity index (χ1v) is 12.7. The largest absolute Gasteiger partial charge is 0.481 e. The van der Waals surface area contributed by atoms with Gasteiger partial charge in [-0.15, -0.1) is 0 Å². The van der Waals surface area contributed by atoms with Crippen molar-refractivity contribution < 1.29 is 14.6 Å². The van der Waals surface area contributed by atoms with Crippen molar-refractivity contribution in [3.63, 3.8) is 0 Å². The van der Waals surface area contributed by atoms with Gasteiger partial charge in [-0.25, -0.2) is 4.98 Å². The number of imidazole rings is 1. The van der Waals surface area contributed by atoms with E-state index in [1.165, 1.54) is 16.9 Å². The Bertz CT molecular complexity index is 1400. The van der Waals surface area contributed by atoms with Crippen molar-refractivity contribution in [1.29, 1.82) is 5.41 Å². The molecule has 0 radical (unpaired) electrons. The number of anilines is 1.